The van der Waals surface area contributed by atoms with Gasteiger partial charge in [0.05, 0.1) is 22.1 Å². The monoisotopic (exact) mass is 487 g/mol. The molecule has 0 radical (unpaired) electrons. The molecule has 0 spiro atoms. The van der Waals surface area contributed by atoms with Crippen molar-refractivity contribution >= 4 is 23.4 Å². The second-order valence-electron chi connectivity index (χ2n) is 10.1. The summed E-state index contributed by atoms with van der Waals surface area (Å²) < 4.78 is 61.5. The first-order valence-corrected chi connectivity index (χ1v) is 10.9. The third-order valence-corrected chi connectivity index (χ3v) is 6.09. The van der Waals surface area contributed by atoms with Gasteiger partial charge in [-0.2, -0.15) is 13.2 Å². The van der Waals surface area contributed by atoms with Crippen LogP contribution in [0.3, 0.4) is 0 Å². The molecule has 1 heterocycles. The number of hydrogen-bond donors (Lipinski definition) is 1. The number of ketones is 1. The summed E-state index contributed by atoms with van der Waals surface area (Å²) in [5.74, 6) is -3.74. The molecule has 0 aromatic heterocycles. The molecule has 4 nitrogen and oxygen atoms in total. The first-order valence-electron chi connectivity index (χ1n) is 10.5. The summed E-state index contributed by atoms with van der Waals surface area (Å²) in [5.41, 5.74) is -2.75. The maximum atomic E-state index is 15.3. The molecule has 2 aliphatic rings. The van der Waals surface area contributed by atoms with Gasteiger partial charge in [0, 0.05) is 27.9 Å². The van der Waals surface area contributed by atoms with Crippen LogP contribution in [0.15, 0.2) is 34.7 Å². The number of halogens is 5. The lowest BCUT2D eigenvalue weighted by molar-refractivity contribution is -0.150. The normalized spacial score (nSPS) is 21.1. The largest absolute Gasteiger partial charge is 0.457 e. The predicted molar refractivity (Wildman–Crippen MR) is 116 cm³/mol. The number of hydrogen-bond acceptors (Lipinski definition) is 4. The van der Waals surface area contributed by atoms with Gasteiger partial charge < -0.3 is 10.1 Å². The Hall–Kier alpha value is -2.35. The van der Waals surface area contributed by atoms with Gasteiger partial charge in [-0.3, -0.25) is 4.79 Å². The molecule has 0 fully saturated rings. The van der Waals surface area contributed by atoms with Crippen LogP contribution in [0.25, 0.3) is 0 Å². The smallest absolute Gasteiger partial charge is 0.416 e. The van der Waals surface area contributed by atoms with E-state index in [0.717, 1.165) is 0 Å². The minimum atomic E-state index is -4.81. The molecule has 1 aliphatic carbocycles. The van der Waals surface area contributed by atoms with E-state index in [1.807, 2.05) is 0 Å². The molecule has 0 bridgehead atoms. The summed E-state index contributed by atoms with van der Waals surface area (Å²) in [6, 6.07) is 1.11. The van der Waals surface area contributed by atoms with E-state index in [1.165, 1.54) is 0 Å². The number of carbonyl (C=O) groups excluding carboxylic acids is 2. The van der Waals surface area contributed by atoms with E-state index in [1.54, 1.807) is 41.5 Å². The van der Waals surface area contributed by atoms with E-state index >= 15 is 4.39 Å². The first-order chi connectivity index (χ1) is 14.9. The maximum Gasteiger partial charge on any atom is 0.416 e. The van der Waals surface area contributed by atoms with Crippen LogP contribution in [0, 0.1) is 11.2 Å². The lowest BCUT2D eigenvalue weighted by atomic mass is 9.67. The van der Waals surface area contributed by atoms with Crippen molar-refractivity contribution in [2.24, 2.45) is 5.41 Å². The fourth-order valence-corrected chi connectivity index (χ4v) is 4.40. The third kappa shape index (κ3) is 4.81. The molecule has 180 valence electrons. The molecular weight excluding hydrogens is 462 g/mol. The minimum Gasteiger partial charge on any atom is -0.457 e. The number of allylic oxidation sites excluding steroid dienone is 3. The Morgan fingerprint density at radius 1 is 1.21 bits per heavy atom. The Kier molecular flexibility index (Phi) is 6.24. The van der Waals surface area contributed by atoms with Crippen molar-refractivity contribution in [1.29, 1.82) is 0 Å². The van der Waals surface area contributed by atoms with Crippen LogP contribution in [0.2, 0.25) is 5.02 Å². The summed E-state index contributed by atoms with van der Waals surface area (Å²) in [5, 5.41) is 2.30. The summed E-state index contributed by atoms with van der Waals surface area (Å²) in [4.78, 5) is 26.6. The van der Waals surface area contributed by atoms with Gasteiger partial charge >= 0.3 is 12.1 Å². The zero-order chi connectivity index (χ0) is 25.1. The number of nitrogens with one attached hydrogen (secondary N) is 1. The number of esters is 1. The Bertz CT molecular complexity index is 1090. The second kappa shape index (κ2) is 8.15. The zero-order valence-corrected chi connectivity index (χ0v) is 20.0. The molecule has 0 saturated heterocycles. The number of rotatable bonds is 2. The summed E-state index contributed by atoms with van der Waals surface area (Å²) >= 11 is 5.86. The highest BCUT2D eigenvalue weighted by Gasteiger charge is 2.47. The predicted octanol–water partition coefficient (Wildman–Crippen LogP) is 6.44. The molecule has 0 saturated carbocycles. The molecule has 1 unspecified atom stereocenters. The number of carbonyl (C=O) groups is 2. The Labute approximate surface area is 195 Å². The van der Waals surface area contributed by atoms with E-state index in [9.17, 15) is 22.8 Å². The molecule has 9 heteroatoms. The van der Waals surface area contributed by atoms with Crippen molar-refractivity contribution in [3.63, 3.8) is 0 Å². The fraction of sp³-hybridized carbons (Fsp3) is 0.500. The van der Waals surface area contributed by atoms with E-state index in [0.29, 0.717) is 30.7 Å². The van der Waals surface area contributed by atoms with Crippen molar-refractivity contribution in [1.82, 2.24) is 5.32 Å². The van der Waals surface area contributed by atoms with E-state index < -0.39 is 51.0 Å². The van der Waals surface area contributed by atoms with Gasteiger partial charge in [-0.05, 0) is 52.7 Å². The van der Waals surface area contributed by atoms with Gasteiger partial charge in [0.2, 0.25) is 0 Å². The molecule has 1 N–H and O–H groups in total. The molecular formula is C24H26ClF4NO3. The number of alkyl halides is 3. The van der Waals surface area contributed by atoms with Gasteiger partial charge in [0.25, 0.3) is 0 Å². The highest BCUT2D eigenvalue weighted by atomic mass is 35.5. The quantitative estimate of drug-likeness (QED) is 0.385. The Balaban J connectivity index is 2.33. The molecule has 1 aromatic carbocycles. The summed E-state index contributed by atoms with van der Waals surface area (Å²) in [7, 11) is 0. The zero-order valence-electron chi connectivity index (χ0n) is 19.3. The average molecular weight is 488 g/mol. The van der Waals surface area contributed by atoms with Gasteiger partial charge in [-0.25, -0.2) is 9.18 Å². The molecule has 0 amide bonds. The standard InChI is InChI=1S/C24H26ClF4NO3/c1-11-16(21(32)33-22(2,3)4)17(18-15(30-11)7-8-23(5,6)20(18)31)13-9-12(24(27,28)29)10-14(25)19(13)26/h9-10,17,30H,7-8H2,1-6H3. The van der Waals surface area contributed by atoms with Crippen molar-refractivity contribution < 1.29 is 31.9 Å². The van der Waals surface area contributed by atoms with Crippen molar-refractivity contribution in [3.05, 3.63) is 56.6 Å². The Morgan fingerprint density at radius 3 is 2.36 bits per heavy atom. The van der Waals surface area contributed by atoms with Crippen LogP contribution >= 0.6 is 11.6 Å². The fourth-order valence-electron chi connectivity index (χ4n) is 4.18. The highest BCUT2D eigenvalue weighted by Crippen LogP contribution is 2.49. The third-order valence-electron chi connectivity index (χ3n) is 5.82. The van der Waals surface area contributed by atoms with Gasteiger partial charge in [-0.15, -0.1) is 0 Å². The SMILES string of the molecule is CC1=C(C(=O)OC(C)(C)C)C(c2cc(C(F)(F)F)cc(Cl)c2F)C2=C(CCC(C)(C)C2=O)N1. The lowest BCUT2D eigenvalue weighted by Crippen LogP contribution is -2.41. The number of benzene rings is 1. The second-order valence-corrected chi connectivity index (χ2v) is 10.5. The van der Waals surface area contributed by atoms with Crippen LogP contribution in [-0.4, -0.2) is 17.4 Å². The molecule has 1 atom stereocenters. The lowest BCUT2D eigenvalue weighted by Gasteiger charge is -2.40. The van der Waals surface area contributed by atoms with Crippen LogP contribution in [0.4, 0.5) is 17.6 Å². The van der Waals surface area contributed by atoms with Crippen molar-refractivity contribution in [3.8, 4) is 0 Å². The van der Waals surface area contributed by atoms with Crippen LogP contribution in [-0.2, 0) is 20.5 Å². The molecule has 1 aliphatic heterocycles. The van der Waals surface area contributed by atoms with E-state index in [-0.39, 0.29) is 22.6 Å². The average Bonchev–Trinajstić information content (AvgIpc) is 2.64. The number of ether oxygens (including phenoxy) is 1. The minimum absolute atomic E-state index is 0.0620. The van der Waals surface area contributed by atoms with Gasteiger partial charge in [0.1, 0.15) is 11.4 Å². The molecule has 33 heavy (non-hydrogen) atoms. The van der Waals surface area contributed by atoms with Crippen molar-refractivity contribution in [2.75, 3.05) is 0 Å². The first kappa shape index (κ1) is 25.3. The van der Waals surface area contributed by atoms with Crippen LogP contribution < -0.4 is 5.32 Å². The number of dihydropyridines is 1. The van der Waals surface area contributed by atoms with Gasteiger partial charge in [-0.1, -0.05) is 25.4 Å². The molecule has 3 rings (SSSR count). The topological polar surface area (TPSA) is 55.4 Å². The highest BCUT2D eigenvalue weighted by molar-refractivity contribution is 6.31. The van der Waals surface area contributed by atoms with E-state index in [4.69, 9.17) is 16.3 Å². The summed E-state index contributed by atoms with van der Waals surface area (Å²) in [6.07, 6.45) is -3.90. The van der Waals surface area contributed by atoms with Crippen LogP contribution in [0.5, 0.6) is 0 Å². The van der Waals surface area contributed by atoms with Crippen LogP contribution in [0.1, 0.15) is 71.4 Å². The van der Waals surface area contributed by atoms with E-state index in [2.05, 4.69) is 5.32 Å². The number of Topliss-reactive ketones (excluding diaryl/α,β-unsaturated/α-hetero) is 1. The van der Waals surface area contributed by atoms with Crippen molar-refractivity contribution in [2.45, 2.75) is 72.1 Å². The summed E-state index contributed by atoms with van der Waals surface area (Å²) in [6.45, 7) is 9.87. The van der Waals surface area contributed by atoms with Gasteiger partial charge in [0.15, 0.2) is 5.78 Å². The Morgan fingerprint density at radius 2 is 1.82 bits per heavy atom. The maximum absolute atomic E-state index is 15.3. The molecule has 1 aromatic rings.